The highest BCUT2D eigenvalue weighted by atomic mass is 16.5. The number of piperazine rings is 1. The predicted molar refractivity (Wildman–Crippen MR) is 64.5 cm³/mol. The second kappa shape index (κ2) is 5.45. The van der Waals surface area contributed by atoms with Gasteiger partial charge in [0.2, 0.25) is 11.8 Å². The lowest BCUT2D eigenvalue weighted by Crippen LogP contribution is -2.52. The van der Waals surface area contributed by atoms with Crippen molar-refractivity contribution < 1.29 is 9.32 Å². The van der Waals surface area contributed by atoms with Crippen LogP contribution in [-0.4, -0.2) is 58.1 Å². The fourth-order valence-electron chi connectivity index (χ4n) is 2.01. The van der Waals surface area contributed by atoms with Gasteiger partial charge in [-0.25, -0.2) is 0 Å². The first-order chi connectivity index (χ1) is 8.56. The summed E-state index contributed by atoms with van der Waals surface area (Å²) in [6.07, 6.45) is 0. The fraction of sp³-hybridized carbons (Fsp3) is 0.727. The molecule has 2 heterocycles. The van der Waals surface area contributed by atoms with Gasteiger partial charge in [0.15, 0.2) is 5.82 Å². The van der Waals surface area contributed by atoms with Crippen LogP contribution in [0.1, 0.15) is 18.6 Å². The van der Waals surface area contributed by atoms with E-state index in [2.05, 4.69) is 15.0 Å². The first kappa shape index (κ1) is 13.0. The Balaban J connectivity index is 1.82. The summed E-state index contributed by atoms with van der Waals surface area (Å²) in [6.45, 7) is 7.17. The van der Waals surface area contributed by atoms with E-state index >= 15 is 0 Å². The molecule has 2 N–H and O–H groups in total. The Morgan fingerprint density at radius 1 is 1.44 bits per heavy atom. The van der Waals surface area contributed by atoms with Gasteiger partial charge in [0.1, 0.15) is 0 Å². The summed E-state index contributed by atoms with van der Waals surface area (Å²) in [4.78, 5) is 19.9. The van der Waals surface area contributed by atoms with Gasteiger partial charge in [-0.3, -0.25) is 9.69 Å². The van der Waals surface area contributed by atoms with E-state index in [1.54, 1.807) is 18.7 Å². The predicted octanol–water partition coefficient (Wildman–Crippen LogP) is -0.631. The highest BCUT2D eigenvalue weighted by Crippen LogP contribution is 2.07. The highest BCUT2D eigenvalue weighted by Gasteiger charge is 2.23. The summed E-state index contributed by atoms with van der Waals surface area (Å²) in [6, 6.07) is -0.421. The minimum absolute atomic E-state index is 0.0169. The van der Waals surface area contributed by atoms with E-state index in [9.17, 15) is 4.79 Å². The standard InChI is InChI=1S/C11H19N5O2/c1-8(12)11(17)16-5-3-15(4-6-16)7-10-13-9(2)14-18-10/h8H,3-7,12H2,1-2H3/t8-/m1/s1. The second-order valence-corrected chi connectivity index (χ2v) is 4.63. The maximum Gasteiger partial charge on any atom is 0.240 e. The Kier molecular flexibility index (Phi) is 3.93. The molecule has 1 aromatic heterocycles. The molecule has 7 nitrogen and oxygen atoms in total. The molecule has 0 radical (unpaired) electrons. The van der Waals surface area contributed by atoms with Gasteiger partial charge in [0.25, 0.3) is 0 Å². The van der Waals surface area contributed by atoms with Gasteiger partial charge >= 0.3 is 0 Å². The Hall–Kier alpha value is -1.47. The minimum atomic E-state index is -0.421. The molecule has 1 amide bonds. The molecule has 1 atom stereocenters. The lowest BCUT2D eigenvalue weighted by atomic mass is 10.2. The highest BCUT2D eigenvalue weighted by molar-refractivity contribution is 5.81. The fourth-order valence-corrected chi connectivity index (χ4v) is 2.01. The van der Waals surface area contributed by atoms with Crippen LogP contribution in [0, 0.1) is 6.92 Å². The molecule has 1 aliphatic rings. The van der Waals surface area contributed by atoms with Gasteiger partial charge in [-0.05, 0) is 13.8 Å². The van der Waals surface area contributed by atoms with Crippen LogP contribution in [0.5, 0.6) is 0 Å². The van der Waals surface area contributed by atoms with Gasteiger partial charge in [-0.2, -0.15) is 4.98 Å². The number of aromatic nitrogens is 2. The Morgan fingerprint density at radius 3 is 2.61 bits per heavy atom. The van der Waals surface area contributed by atoms with Crippen molar-refractivity contribution in [1.82, 2.24) is 19.9 Å². The first-order valence-corrected chi connectivity index (χ1v) is 6.12. The number of carbonyl (C=O) groups is 1. The zero-order chi connectivity index (χ0) is 13.1. The van der Waals surface area contributed by atoms with Gasteiger partial charge < -0.3 is 15.2 Å². The second-order valence-electron chi connectivity index (χ2n) is 4.63. The van der Waals surface area contributed by atoms with Gasteiger partial charge in [0.05, 0.1) is 12.6 Å². The Labute approximate surface area is 106 Å². The third-order valence-electron chi connectivity index (χ3n) is 3.00. The minimum Gasteiger partial charge on any atom is -0.339 e. The van der Waals surface area contributed by atoms with Gasteiger partial charge in [-0.1, -0.05) is 5.16 Å². The number of hydrogen-bond acceptors (Lipinski definition) is 6. The number of nitrogens with two attached hydrogens (primary N) is 1. The summed E-state index contributed by atoms with van der Waals surface area (Å²) in [5.41, 5.74) is 5.59. The molecule has 0 saturated carbocycles. The molecule has 0 unspecified atom stereocenters. The van der Waals surface area contributed by atoms with Crippen LogP contribution in [0.2, 0.25) is 0 Å². The van der Waals surface area contributed by atoms with Gasteiger partial charge in [-0.15, -0.1) is 0 Å². The maximum absolute atomic E-state index is 11.7. The molecule has 1 saturated heterocycles. The lowest BCUT2D eigenvalue weighted by Gasteiger charge is -2.34. The van der Waals surface area contributed by atoms with Crippen LogP contribution < -0.4 is 5.73 Å². The number of rotatable bonds is 3. The smallest absolute Gasteiger partial charge is 0.240 e. The van der Waals surface area contributed by atoms with Crippen LogP contribution in [0.25, 0.3) is 0 Å². The van der Waals surface area contributed by atoms with E-state index in [0.717, 1.165) is 13.1 Å². The molecular formula is C11H19N5O2. The zero-order valence-electron chi connectivity index (χ0n) is 10.8. The van der Waals surface area contributed by atoms with Crippen LogP contribution >= 0.6 is 0 Å². The average Bonchev–Trinajstić information content (AvgIpc) is 2.75. The van der Waals surface area contributed by atoms with Crippen molar-refractivity contribution in [3.05, 3.63) is 11.7 Å². The van der Waals surface area contributed by atoms with Crippen molar-refractivity contribution in [1.29, 1.82) is 0 Å². The van der Waals surface area contributed by atoms with Crippen LogP contribution in [0.3, 0.4) is 0 Å². The van der Waals surface area contributed by atoms with E-state index in [1.165, 1.54) is 0 Å². The van der Waals surface area contributed by atoms with Crippen molar-refractivity contribution in [2.75, 3.05) is 26.2 Å². The topological polar surface area (TPSA) is 88.5 Å². The summed E-state index contributed by atoms with van der Waals surface area (Å²) in [7, 11) is 0. The molecule has 0 spiro atoms. The molecule has 2 rings (SSSR count). The molecule has 18 heavy (non-hydrogen) atoms. The third kappa shape index (κ3) is 3.05. The first-order valence-electron chi connectivity index (χ1n) is 6.12. The van der Waals surface area contributed by atoms with Crippen LogP contribution in [0.4, 0.5) is 0 Å². The maximum atomic E-state index is 11.7. The lowest BCUT2D eigenvalue weighted by molar-refractivity contribution is -0.134. The Bertz CT molecular complexity index is 409. The number of carbonyl (C=O) groups excluding carboxylic acids is 1. The number of amides is 1. The van der Waals surface area contributed by atoms with Crippen LogP contribution in [0.15, 0.2) is 4.52 Å². The van der Waals surface area contributed by atoms with E-state index in [-0.39, 0.29) is 5.91 Å². The van der Waals surface area contributed by atoms with E-state index < -0.39 is 6.04 Å². The van der Waals surface area contributed by atoms with Crippen molar-refractivity contribution in [2.45, 2.75) is 26.4 Å². The van der Waals surface area contributed by atoms with Crippen molar-refractivity contribution >= 4 is 5.91 Å². The average molecular weight is 253 g/mol. The molecule has 0 bridgehead atoms. The SMILES string of the molecule is Cc1noc(CN2CCN(C(=O)[C@@H](C)N)CC2)n1. The largest absolute Gasteiger partial charge is 0.339 e. The quantitative estimate of drug-likeness (QED) is 0.771. The molecule has 1 aliphatic heterocycles. The molecule has 7 heteroatoms. The third-order valence-corrected chi connectivity index (χ3v) is 3.00. The number of hydrogen-bond donors (Lipinski definition) is 1. The molecule has 0 aromatic carbocycles. The normalized spacial score (nSPS) is 18.9. The summed E-state index contributed by atoms with van der Waals surface area (Å²) in [5, 5.41) is 3.75. The number of aryl methyl sites for hydroxylation is 1. The van der Waals surface area contributed by atoms with E-state index in [0.29, 0.717) is 31.3 Å². The molecule has 0 aliphatic carbocycles. The zero-order valence-corrected chi connectivity index (χ0v) is 10.8. The van der Waals surface area contributed by atoms with E-state index in [1.807, 2.05) is 0 Å². The molecule has 100 valence electrons. The van der Waals surface area contributed by atoms with Crippen LogP contribution in [-0.2, 0) is 11.3 Å². The monoisotopic (exact) mass is 253 g/mol. The summed E-state index contributed by atoms with van der Waals surface area (Å²) >= 11 is 0. The molecular weight excluding hydrogens is 234 g/mol. The van der Waals surface area contributed by atoms with Crippen molar-refractivity contribution in [3.8, 4) is 0 Å². The number of nitrogens with zero attached hydrogens (tertiary/aromatic N) is 4. The molecule has 1 fully saturated rings. The van der Waals surface area contributed by atoms with Gasteiger partial charge in [0, 0.05) is 26.2 Å². The molecule has 1 aromatic rings. The summed E-state index contributed by atoms with van der Waals surface area (Å²) < 4.78 is 5.08. The van der Waals surface area contributed by atoms with Crippen molar-refractivity contribution in [3.63, 3.8) is 0 Å². The van der Waals surface area contributed by atoms with Crippen molar-refractivity contribution in [2.24, 2.45) is 5.73 Å². The van der Waals surface area contributed by atoms with E-state index in [4.69, 9.17) is 10.3 Å². The summed E-state index contributed by atoms with van der Waals surface area (Å²) in [5.74, 6) is 1.29. The Morgan fingerprint density at radius 2 is 2.11 bits per heavy atom.